The van der Waals surface area contributed by atoms with Gasteiger partial charge in [-0.2, -0.15) is 0 Å². The standard InChI is InChI=1S/C23H23FN2/c1-13-8-9-26-21(10-13)16-11-14(2)22(15(3)12-16)17-4-6-19(24)23-18(17)5-7-20(23)25/h4,6,8-12,20H,5,7,25H2,1-3H3/t20-/m1/s1. The van der Waals surface area contributed by atoms with Gasteiger partial charge in [0.1, 0.15) is 5.82 Å². The molecule has 2 N–H and O–H groups in total. The van der Waals surface area contributed by atoms with E-state index in [2.05, 4.69) is 44.0 Å². The van der Waals surface area contributed by atoms with Gasteiger partial charge in [-0.3, -0.25) is 4.98 Å². The van der Waals surface area contributed by atoms with Crippen molar-refractivity contribution in [1.29, 1.82) is 0 Å². The molecule has 3 heteroatoms. The number of hydrogen-bond acceptors (Lipinski definition) is 2. The van der Waals surface area contributed by atoms with Crippen molar-refractivity contribution in [2.75, 3.05) is 0 Å². The van der Waals surface area contributed by atoms with E-state index in [1.807, 2.05) is 18.3 Å². The summed E-state index contributed by atoms with van der Waals surface area (Å²) in [5.41, 5.74) is 15.9. The second kappa shape index (κ2) is 6.33. The van der Waals surface area contributed by atoms with Gasteiger partial charge in [0.2, 0.25) is 0 Å². The summed E-state index contributed by atoms with van der Waals surface area (Å²) in [7, 11) is 0. The number of hydrogen-bond donors (Lipinski definition) is 1. The largest absolute Gasteiger partial charge is 0.324 e. The van der Waals surface area contributed by atoms with Crippen molar-refractivity contribution in [3.8, 4) is 22.4 Å². The first kappa shape index (κ1) is 16.9. The third kappa shape index (κ3) is 2.73. The second-order valence-electron chi connectivity index (χ2n) is 7.34. The van der Waals surface area contributed by atoms with Crippen LogP contribution in [0.4, 0.5) is 4.39 Å². The van der Waals surface area contributed by atoms with E-state index in [4.69, 9.17) is 5.73 Å². The topological polar surface area (TPSA) is 38.9 Å². The van der Waals surface area contributed by atoms with E-state index in [0.29, 0.717) is 5.56 Å². The minimum atomic E-state index is -0.193. The summed E-state index contributed by atoms with van der Waals surface area (Å²) < 4.78 is 14.3. The highest BCUT2D eigenvalue weighted by Crippen LogP contribution is 2.41. The molecule has 0 amide bonds. The summed E-state index contributed by atoms with van der Waals surface area (Å²) in [6.45, 7) is 6.31. The summed E-state index contributed by atoms with van der Waals surface area (Å²) in [5.74, 6) is -0.176. The fourth-order valence-corrected chi connectivity index (χ4v) is 4.22. The molecule has 0 unspecified atom stereocenters. The molecule has 0 saturated carbocycles. The first-order valence-corrected chi connectivity index (χ1v) is 9.07. The zero-order valence-corrected chi connectivity index (χ0v) is 15.4. The van der Waals surface area contributed by atoms with Crippen molar-refractivity contribution in [1.82, 2.24) is 4.98 Å². The average molecular weight is 346 g/mol. The van der Waals surface area contributed by atoms with Crippen molar-refractivity contribution in [3.63, 3.8) is 0 Å². The molecular weight excluding hydrogens is 323 g/mol. The van der Waals surface area contributed by atoms with Crippen LogP contribution in [0.1, 0.15) is 40.3 Å². The predicted molar refractivity (Wildman–Crippen MR) is 105 cm³/mol. The lowest BCUT2D eigenvalue weighted by Crippen LogP contribution is -2.07. The van der Waals surface area contributed by atoms with Crippen LogP contribution < -0.4 is 5.73 Å². The Labute approximate surface area is 153 Å². The van der Waals surface area contributed by atoms with Gasteiger partial charge in [-0.1, -0.05) is 6.07 Å². The maximum absolute atomic E-state index is 14.3. The summed E-state index contributed by atoms with van der Waals surface area (Å²) >= 11 is 0. The second-order valence-corrected chi connectivity index (χ2v) is 7.34. The molecule has 0 aliphatic heterocycles. The van der Waals surface area contributed by atoms with Gasteiger partial charge < -0.3 is 5.73 Å². The fraction of sp³-hybridized carbons (Fsp3) is 0.261. The summed E-state index contributed by atoms with van der Waals surface area (Å²) in [4.78, 5) is 4.51. The van der Waals surface area contributed by atoms with Crippen LogP contribution in [-0.4, -0.2) is 4.98 Å². The zero-order valence-electron chi connectivity index (χ0n) is 15.4. The van der Waals surface area contributed by atoms with Crippen LogP contribution in [0.25, 0.3) is 22.4 Å². The first-order chi connectivity index (χ1) is 12.5. The van der Waals surface area contributed by atoms with E-state index < -0.39 is 0 Å². The number of aryl methyl sites for hydroxylation is 3. The Morgan fingerprint density at radius 1 is 1.04 bits per heavy atom. The number of halogens is 1. The van der Waals surface area contributed by atoms with Crippen molar-refractivity contribution in [2.45, 2.75) is 39.7 Å². The third-order valence-electron chi connectivity index (χ3n) is 5.39. The smallest absolute Gasteiger partial charge is 0.128 e. The Balaban J connectivity index is 1.87. The van der Waals surface area contributed by atoms with E-state index in [9.17, 15) is 4.39 Å². The van der Waals surface area contributed by atoms with Gasteiger partial charge in [-0.25, -0.2) is 4.39 Å². The van der Waals surface area contributed by atoms with Crippen LogP contribution in [0.2, 0.25) is 0 Å². The first-order valence-electron chi connectivity index (χ1n) is 9.07. The van der Waals surface area contributed by atoms with Gasteiger partial charge in [0.15, 0.2) is 0 Å². The maximum atomic E-state index is 14.3. The lowest BCUT2D eigenvalue weighted by atomic mass is 9.88. The normalized spacial score (nSPS) is 16.0. The molecule has 1 aliphatic rings. The van der Waals surface area contributed by atoms with E-state index in [0.717, 1.165) is 35.2 Å². The summed E-state index contributed by atoms with van der Waals surface area (Å²) in [5, 5.41) is 0. The van der Waals surface area contributed by atoms with Crippen LogP contribution >= 0.6 is 0 Å². The van der Waals surface area contributed by atoms with Gasteiger partial charge in [0, 0.05) is 23.4 Å². The van der Waals surface area contributed by atoms with Crippen LogP contribution in [0, 0.1) is 26.6 Å². The minimum absolute atomic E-state index is 0.176. The molecule has 0 spiro atoms. The monoisotopic (exact) mass is 346 g/mol. The molecule has 0 fully saturated rings. The van der Waals surface area contributed by atoms with Gasteiger partial charge in [0.25, 0.3) is 0 Å². The summed E-state index contributed by atoms with van der Waals surface area (Å²) in [6.07, 6.45) is 3.49. The van der Waals surface area contributed by atoms with E-state index >= 15 is 0 Å². The van der Waals surface area contributed by atoms with E-state index in [-0.39, 0.29) is 11.9 Å². The van der Waals surface area contributed by atoms with Crippen LogP contribution in [-0.2, 0) is 6.42 Å². The molecule has 4 rings (SSSR count). The van der Waals surface area contributed by atoms with Crippen molar-refractivity contribution >= 4 is 0 Å². The Bertz CT molecular complexity index is 984. The molecule has 3 aromatic rings. The molecule has 2 nitrogen and oxygen atoms in total. The van der Waals surface area contributed by atoms with Gasteiger partial charge >= 0.3 is 0 Å². The highest BCUT2D eigenvalue weighted by molar-refractivity contribution is 5.79. The highest BCUT2D eigenvalue weighted by atomic mass is 19.1. The van der Waals surface area contributed by atoms with Crippen LogP contribution in [0.3, 0.4) is 0 Å². The number of aromatic nitrogens is 1. The quantitative estimate of drug-likeness (QED) is 0.672. The fourth-order valence-electron chi connectivity index (χ4n) is 4.22. The number of pyridine rings is 1. The number of benzene rings is 2. The number of nitrogens with zero attached hydrogens (tertiary/aromatic N) is 1. The predicted octanol–water partition coefficient (Wildman–Crippen LogP) is 5.43. The lowest BCUT2D eigenvalue weighted by molar-refractivity contribution is 0.589. The lowest BCUT2D eigenvalue weighted by Gasteiger charge is -2.17. The molecule has 1 aliphatic carbocycles. The molecule has 0 radical (unpaired) electrons. The Hall–Kier alpha value is -2.52. The minimum Gasteiger partial charge on any atom is -0.324 e. The van der Waals surface area contributed by atoms with Gasteiger partial charge in [0.05, 0.1) is 5.69 Å². The van der Waals surface area contributed by atoms with Crippen LogP contribution in [0.15, 0.2) is 42.6 Å². The molecule has 0 bridgehead atoms. The van der Waals surface area contributed by atoms with Crippen molar-refractivity contribution < 1.29 is 4.39 Å². The van der Waals surface area contributed by atoms with Crippen molar-refractivity contribution in [2.24, 2.45) is 5.73 Å². The maximum Gasteiger partial charge on any atom is 0.128 e. The molecule has 2 aromatic carbocycles. The SMILES string of the molecule is Cc1ccnc(-c2cc(C)c(-c3ccc(F)c4c3CC[C@H]4N)c(C)c2)c1. The highest BCUT2D eigenvalue weighted by Gasteiger charge is 2.26. The Kier molecular flexibility index (Phi) is 4.12. The molecule has 0 saturated heterocycles. The number of rotatable bonds is 2. The zero-order chi connectivity index (χ0) is 18.4. The molecule has 132 valence electrons. The third-order valence-corrected chi connectivity index (χ3v) is 5.39. The number of nitrogens with two attached hydrogens (primary N) is 1. The molecule has 26 heavy (non-hydrogen) atoms. The van der Waals surface area contributed by atoms with Gasteiger partial charge in [-0.15, -0.1) is 0 Å². The molecular formula is C23H23FN2. The van der Waals surface area contributed by atoms with Crippen LogP contribution in [0.5, 0.6) is 0 Å². The Morgan fingerprint density at radius 2 is 1.77 bits per heavy atom. The van der Waals surface area contributed by atoms with E-state index in [1.54, 1.807) is 6.07 Å². The molecule has 1 atom stereocenters. The summed E-state index contributed by atoms with van der Waals surface area (Å²) in [6, 6.07) is 11.7. The number of fused-ring (bicyclic) bond motifs is 1. The van der Waals surface area contributed by atoms with Gasteiger partial charge in [-0.05, 0) is 97.3 Å². The molecule has 1 aromatic heterocycles. The Morgan fingerprint density at radius 3 is 2.46 bits per heavy atom. The average Bonchev–Trinajstić information content (AvgIpc) is 2.99. The van der Waals surface area contributed by atoms with E-state index in [1.165, 1.54) is 22.3 Å². The van der Waals surface area contributed by atoms with Crippen molar-refractivity contribution in [3.05, 3.63) is 76.2 Å². The molecule has 1 heterocycles.